The van der Waals surface area contributed by atoms with Gasteiger partial charge in [-0.25, -0.2) is 4.79 Å². The van der Waals surface area contributed by atoms with Crippen LogP contribution in [-0.4, -0.2) is 144 Å². The molecule has 1 aromatic carbocycles. The summed E-state index contributed by atoms with van der Waals surface area (Å²) in [6.07, 6.45) is 0.769. The Morgan fingerprint density at radius 2 is 1.42 bits per heavy atom. The molecular formula is C50H72O15. The molecule has 4 aliphatic carbocycles. The molecule has 0 bridgehead atoms. The zero-order valence-electron chi connectivity index (χ0n) is 39.2. The van der Waals surface area contributed by atoms with Crippen molar-refractivity contribution < 1.29 is 72.6 Å². The van der Waals surface area contributed by atoms with Gasteiger partial charge in [-0.3, -0.25) is 4.79 Å². The van der Waals surface area contributed by atoms with Crippen LogP contribution >= 0.6 is 0 Å². The maximum Gasteiger partial charge on any atom is 0.331 e. The minimum Gasteiger partial charge on any atom is -0.458 e. The van der Waals surface area contributed by atoms with E-state index in [4.69, 9.17) is 42.6 Å². The number of ketones is 1. The lowest BCUT2D eigenvalue weighted by Gasteiger charge is -2.66. The standard InChI is InChI=1S/C50H72O15/c1-27(51)34-18-21-50(56)48(34,6)39(63-40(53)15-14-31-12-10-9-11-13-31)26-38-47(5)19-17-33(22-32(47)16-20-49(38,50)55)62-41-23-35(52)45(29(3)60-41)64-43-25-37(58-8)46(30(4)61-43)65-42-24-36(57-7)44(54)28(2)59-42/h9-16,28-30,33-39,41-46,52,54-56H,17-26H2,1-8H3/b15-14+/t28-,29-,30-,33+,34+,35+,36+,37-,38-,39-,41+,42+,43+,44-,45-,46-,47+,48+,49+,50-/m1/s1. The fourth-order valence-electron chi connectivity index (χ4n) is 13.2. The van der Waals surface area contributed by atoms with E-state index < -0.39 is 120 Å². The van der Waals surface area contributed by atoms with E-state index in [-0.39, 0.29) is 37.6 Å². The van der Waals surface area contributed by atoms with Gasteiger partial charge in [0.15, 0.2) is 18.9 Å². The average molecular weight is 913 g/mol. The van der Waals surface area contributed by atoms with Gasteiger partial charge in [0.25, 0.3) is 0 Å². The first-order valence-electron chi connectivity index (χ1n) is 23.8. The highest BCUT2D eigenvalue weighted by atomic mass is 16.7. The minimum atomic E-state index is -1.69. The highest BCUT2D eigenvalue weighted by molar-refractivity contribution is 5.87. The fraction of sp³-hybridized carbons (Fsp3) is 0.760. The van der Waals surface area contributed by atoms with Crippen molar-refractivity contribution in [3.8, 4) is 0 Å². The molecule has 15 heteroatoms. The molecule has 0 aromatic heterocycles. The number of rotatable bonds is 12. The van der Waals surface area contributed by atoms with Crippen LogP contribution in [0.4, 0.5) is 0 Å². The molecule has 4 N–H and O–H groups in total. The Kier molecular flexibility index (Phi) is 14.3. The Hall–Kier alpha value is -2.64. The molecule has 15 nitrogen and oxygen atoms in total. The van der Waals surface area contributed by atoms with Gasteiger partial charge in [0, 0.05) is 56.8 Å². The highest BCUT2D eigenvalue weighted by Gasteiger charge is 2.77. The maximum atomic E-state index is 13.5. The molecule has 3 heterocycles. The van der Waals surface area contributed by atoms with Crippen molar-refractivity contribution in [1.82, 2.24) is 0 Å². The molecule has 0 radical (unpaired) electrons. The number of carbonyl (C=O) groups excluding carboxylic acids is 2. The van der Waals surface area contributed by atoms with Crippen LogP contribution in [0.25, 0.3) is 6.08 Å². The number of hydrogen-bond donors (Lipinski definition) is 4. The van der Waals surface area contributed by atoms with Crippen LogP contribution in [-0.2, 0) is 52.2 Å². The normalized spacial score (nSPS) is 47.6. The number of methoxy groups -OCH3 is 2. The number of hydrogen-bond acceptors (Lipinski definition) is 15. The Balaban J connectivity index is 0.899. The molecule has 3 aliphatic heterocycles. The first-order valence-corrected chi connectivity index (χ1v) is 23.8. The smallest absolute Gasteiger partial charge is 0.331 e. The zero-order valence-corrected chi connectivity index (χ0v) is 39.2. The van der Waals surface area contributed by atoms with Crippen molar-refractivity contribution in [2.45, 2.75) is 203 Å². The van der Waals surface area contributed by atoms with Crippen molar-refractivity contribution in [1.29, 1.82) is 0 Å². The molecule has 362 valence electrons. The molecule has 0 unspecified atom stereocenters. The number of carbonyl (C=O) groups is 2. The SMILES string of the molecule is CO[C@H]1C[C@H](O[C@@H]2[C@@H](C)O[C@@H](O[C@H]3[C@@H](O)C[C@H](O[C@H]4CC[C@@]5(C)C(=CC[C@]6(O)[C@@H]5C[C@@H](OC(=O)/C=C/c5ccccc5)[C@]5(C)[C@H](C(C)=O)CC[C@@]56O)C4)O[C@@H]3C)C[C@H]2OC)O[C@H](C)[C@H]1O. The molecule has 3 saturated heterocycles. The number of fused-ring (bicyclic) bond motifs is 5. The molecule has 7 aliphatic rings. The van der Waals surface area contributed by atoms with Gasteiger partial charge >= 0.3 is 5.97 Å². The topological polar surface area (TPSA) is 198 Å². The van der Waals surface area contributed by atoms with Crippen molar-refractivity contribution >= 4 is 17.8 Å². The second-order valence-electron chi connectivity index (χ2n) is 20.4. The van der Waals surface area contributed by atoms with Crippen LogP contribution in [0.1, 0.15) is 111 Å². The Morgan fingerprint density at radius 3 is 2.08 bits per heavy atom. The second kappa shape index (κ2) is 19.0. The van der Waals surface area contributed by atoms with E-state index >= 15 is 0 Å². The summed E-state index contributed by atoms with van der Waals surface area (Å²) in [6, 6.07) is 9.44. The summed E-state index contributed by atoms with van der Waals surface area (Å²) in [4.78, 5) is 26.7. The van der Waals surface area contributed by atoms with Crippen LogP contribution in [0.15, 0.2) is 48.1 Å². The van der Waals surface area contributed by atoms with Crippen molar-refractivity contribution in [2.24, 2.45) is 22.7 Å². The van der Waals surface area contributed by atoms with E-state index in [1.54, 1.807) is 27.2 Å². The third-order valence-corrected chi connectivity index (χ3v) is 16.9. The quantitative estimate of drug-likeness (QED) is 0.125. The lowest BCUT2D eigenvalue weighted by atomic mass is 9.43. The van der Waals surface area contributed by atoms with Gasteiger partial charge in [-0.1, -0.05) is 55.8 Å². The average Bonchev–Trinajstić information content (AvgIpc) is 3.57. The van der Waals surface area contributed by atoms with Crippen molar-refractivity contribution in [2.75, 3.05) is 14.2 Å². The van der Waals surface area contributed by atoms with Gasteiger partial charge in [0.2, 0.25) is 0 Å². The predicted octanol–water partition coefficient (Wildman–Crippen LogP) is 4.93. The number of aliphatic hydroxyl groups is 4. The van der Waals surface area contributed by atoms with Crippen LogP contribution in [0.5, 0.6) is 0 Å². The van der Waals surface area contributed by atoms with E-state index in [2.05, 4.69) is 13.0 Å². The first-order chi connectivity index (χ1) is 30.8. The van der Waals surface area contributed by atoms with Crippen molar-refractivity contribution in [3.05, 3.63) is 53.6 Å². The monoisotopic (exact) mass is 912 g/mol. The third kappa shape index (κ3) is 8.84. The second-order valence-corrected chi connectivity index (χ2v) is 20.4. The Morgan fingerprint density at radius 1 is 0.785 bits per heavy atom. The molecule has 6 fully saturated rings. The maximum absolute atomic E-state index is 13.5. The molecule has 0 spiro atoms. The van der Waals surface area contributed by atoms with Crippen LogP contribution in [0.2, 0.25) is 0 Å². The Labute approximate surface area is 383 Å². The summed E-state index contributed by atoms with van der Waals surface area (Å²) in [5, 5.41) is 47.7. The molecule has 3 saturated carbocycles. The van der Waals surface area contributed by atoms with E-state index in [0.29, 0.717) is 38.5 Å². The number of esters is 1. The van der Waals surface area contributed by atoms with E-state index in [1.807, 2.05) is 51.1 Å². The van der Waals surface area contributed by atoms with E-state index in [1.165, 1.54) is 13.0 Å². The lowest BCUT2D eigenvalue weighted by molar-refractivity contribution is -0.337. The predicted molar refractivity (Wildman–Crippen MR) is 235 cm³/mol. The molecular weight excluding hydrogens is 841 g/mol. The van der Waals surface area contributed by atoms with Crippen molar-refractivity contribution in [3.63, 3.8) is 0 Å². The summed E-state index contributed by atoms with van der Waals surface area (Å²) >= 11 is 0. The van der Waals surface area contributed by atoms with Gasteiger partial charge in [0.1, 0.15) is 41.4 Å². The van der Waals surface area contributed by atoms with Gasteiger partial charge in [0.05, 0.1) is 42.7 Å². The van der Waals surface area contributed by atoms with Gasteiger partial charge in [-0.15, -0.1) is 0 Å². The number of ether oxygens (including phenoxy) is 9. The summed E-state index contributed by atoms with van der Waals surface area (Å²) in [5.74, 6) is -1.71. The van der Waals surface area contributed by atoms with Gasteiger partial charge < -0.3 is 63.1 Å². The minimum absolute atomic E-state index is 0.0925. The molecule has 65 heavy (non-hydrogen) atoms. The molecule has 20 atom stereocenters. The summed E-state index contributed by atoms with van der Waals surface area (Å²) in [5.41, 5.74) is -3.05. The third-order valence-electron chi connectivity index (χ3n) is 16.9. The molecule has 0 amide bonds. The lowest BCUT2D eigenvalue weighted by Crippen LogP contribution is -2.75. The van der Waals surface area contributed by atoms with E-state index in [0.717, 1.165) is 11.1 Å². The van der Waals surface area contributed by atoms with Crippen LogP contribution < -0.4 is 0 Å². The largest absolute Gasteiger partial charge is 0.458 e. The van der Waals surface area contributed by atoms with E-state index in [9.17, 15) is 30.0 Å². The van der Waals surface area contributed by atoms with Gasteiger partial charge in [-0.05, 0) is 89.7 Å². The first kappa shape index (κ1) is 48.8. The van der Waals surface area contributed by atoms with Crippen LogP contribution in [0.3, 0.4) is 0 Å². The summed E-state index contributed by atoms with van der Waals surface area (Å²) in [7, 11) is 3.16. The van der Waals surface area contributed by atoms with Crippen LogP contribution in [0, 0.1) is 22.7 Å². The highest BCUT2D eigenvalue weighted by Crippen LogP contribution is 2.70. The Bertz CT molecular complexity index is 1900. The summed E-state index contributed by atoms with van der Waals surface area (Å²) in [6.45, 7) is 11.0. The molecule has 1 aromatic rings. The zero-order chi connectivity index (χ0) is 46.6. The number of benzene rings is 1. The number of aliphatic hydroxyl groups excluding tert-OH is 2. The molecule has 8 rings (SSSR count). The summed E-state index contributed by atoms with van der Waals surface area (Å²) < 4.78 is 55.5. The fourth-order valence-corrected chi connectivity index (χ4v) is 13.2. The number of Topliss-reactive ketones (excluding diaryl/α,β-unsaturated/α-hetero) is 1. The van der Waals surface area contributed by atoms with Gasteiger partial charge in [-0.2, -0.15) is 0 Å².